The zero-order chi connectivity index (χ0) is 14.3. The van der Waals surface area contributed by atoms with Gasteiger partial charge in [0.1, 0.15) is 0 Å². The fourth-order valence-electron chi connectivity index (χ4n) is 1.99. The molecule has 2 aliphatic carbocycles. The number of hydrogen-bond acceptors (Lipinski definition) is 0. The maximum atomic E-state index is 3.34. The summed E-state index contributed by atoms with van der Waals surface area (Å²) in [7, 11) is 0. The monoisotopic (exact) mass is 388 g/mol. The summed E-state index contributed by atoms with van der Waals surface area (Å²) in [6.45, 7) is 12.8. The first kappa shape index (κ1) is 25.3. The van der Waals surface area contributed by atoms with Gasteiger partial charge in [0.15, 0.2) is 0 Å². The first-order valence-corrected chi connectivity index (χ1v) is 8.07. The van der Waals surface area contributed by atoms with Crippen molar-refractivity contribution in [1.29, 1.82) is 0 Å². The van der Waals surface area contributed by atoms with Crippen LogP contribution in [0.2, 0.25) is 0 Å². The van der Waals surface area contributed by atoms with Gasteiger partial charge in [-0.1, -0.05) is 39.5 Å². The van der Waals surface area contributed by atoms with Gasteiger partial charge >= 0.3 is 28.4 Å². The first-order valence-electron chi connectivity index (χ1n) is 6.33. The third-order valence-electron chi connectivity index (χ3n) is 3.07. The summed E-state index contributed by atoms with van der Waals surface area (Å²) < 4.78 is 3.34. The van der Waals surface area contributed by atoms with Crippen molar-refractivity contribution < 1.29 is 49.0 Å². The van der Waals surface area contributed by atoms with Crippen molar-refractivity contribution in [2.45, 2.75) is 41.5 Å². The Balaban J connectivity index is -0.000000236. The van der Waals surface area contributed by atoms with Crippen molar-refractivity contribution in [1.82, 2.24) is 0 Å². The van der Waals surface area contributed by atoms with Gasteiger partial charge < -0.3 is 24.8 Å². The quantitative estimate of drug-likeness (QED) is 0.448. The Labute approximate surface area is 152 Å². The van der Waals surface area contributed by atoms with Crippen LogP contribution in [-0.4, -0.2) is 4.21 Å². The van der Waals surface area contributed by atoms with Gasteiger partial charge in [-0.15, -0.1) is 13.8 Å². The summed E-state index contributed by atoms with van der Waals surface area (Å²) in [6, 6.07) is 0. The molecule has 0 aromatic carbocycles. The van der Waals surface area contributed by atoms with E-state index in [0.717, 1.165) is 0 Å². The Morgan fingerprint density at radius 3 is 1.10 bits per heavy atom. The molecule has 2 unspecified atom stereocenters. The molecule has 0 aliphatic heterocycles. The van der Waals surface area contributed by atoms with Crippen LogP contribution >= 0.6 is 0 Å². The van der Waals surface area contributed by atoms with Crippen molar-refractivity contribution in [3.8, 4) is 0 Å². The third-order valence-corrected chi connectivity index (χ3v) is 3.07. The van der Waals surface area contributed by atoms with E-state index in [1.54, 1.807) is 0 Å². The molecule has 0 saturated carbocycles. The standard InChI is InChI=1S/2C8H11.CH2.2ClH.Zr/c2*1-6-4-7(2)8(3)5-6;;;;/h2*4,6H,1-3H3;1H2;2*1H;/q2*-1;;;;+2/p-2. The van der Waals surface area contributed by atoms with Crippen LogP contribution in [0.1, 0.15) is 41.5 Å². The van der Waals surface area contributed by atoms with Crippen LogP contribution < -0.4 is 24.8 Å². The average Bonchev–Trinajstić information content (AvgIpc) is 2.74. The normalized spacial score (nSPS) is 22.4. The fourth-order valence-corrected chi connectivity index (χ4v) is 1.99. The average molecular weight is 391 g/mol. The predicted octanol–water partition coefficient (Wildman–Crippen LogP) is -1.36. The van der Waals surface area contributed by atoms with E-state index in [2.05, 4.69) is 70.1 Å². The van der Waals surface area contributed by atoms with Gasteiger partial charge in [0.2, 0.25) is 0 Å². The van der Waals surface area contributed by atoms with Crippen molar-refractivity contribution in [3.05, 3.63) is 46.6 Å². The van der Waals surface area contributed by atoms with Crippen molar-refractivity contribution in [2.75, 3.05) is 0 Å². The Kier molecular flexibility index (Phi) is 16.4. The largest absolute Gasteiger partial charge is 1.00 e. The summed E-state index contributed by atoms with van der Waals surface area (Å²) in [5.41, 5.74) is 5.41. The zero-order valence-corrected chi connectivity index (χ0v) is 17.2. The molecule has 0 aromatic heterocycles. The van der Waals surface area contributed by atoms with Crippen LogP contribution in [0.5, 0.6) is 0 Å². The van der Waals surface area contributed by atoms with Crippen molar-refractivity contribution in [3.63, 3.8) is 0 Å². The van der Waals surface area contributed by atoms with E-state index >= 15 is 0 Å². The van der Waals surface area contributed by atoms with Crippen LogP contribution in [0.4, 0.5) is 0 Å². The molecule has 0 nitrogen and oxygen atoms in total. The van der Waals surface area contributed by atoms with E-state index in [4.69, 9.17) is 0 Å². The van der Waals surface area contributed by atoms with Gasteiger partial charge in [0.25, 0.3) is 0 Å². The zero-order valence-electron chi connectivity index (χ0n) is 13.3. The molecule has 0 amide bonds. The second-order valence-electron chi connectivity index (χ2n) is 4.82. The maximum Gasteiger partial charge on any atom is -1.00 e. The molecule has 3 heteroatoms. The van der Waals surface area contributed by atoms with Crippen molar-refractivity contribution >= 4 is 4.21 Å². The van der Waals surface area contributed by atoms with Crippen molar-refractivity contribution in [2.24, 2.45) is 11.8 Å². The van der Waals surface area contributed by atoms with E-state index in [0.29, 0.717) is 11.8 Å². The topological polar surface area (TPSA) is 0 Å². The van der Waals surface area contributed by atoms with Crippen LogP contribution in [-0.2, 0) is 24.2 Å². The Hall–Kier alpha value is 0.293. The molecule has 2 aliphatic rings. The maximum absolute atomic E-state index is 3.34. The Morgan fingerprint density at radius 2 is 1.05 bits per heavy atom. The predicted molar refractivity (Wildman–Crippen MR) is 77.8 cm³/mol. The van der Waals surface area contributed by atoms with E-state index < -0.39 is 0 Å². The van der Waals surface area contributed by atoms with E-state index in [1.165, 1.54) is 46.5 Å². The van der Waals surface area contributed by atoms with Crippen LogP contribution in [0, 0.1) is 24.0 Å². The summed E-state index contributed by atoms with van der Waals surface area (Å²) >= 11 is 1.30. The molecule has 0 saturated heterocycles. The molecule has 0 spiro atoms. The minimum absolute atomic E-state index is 0. The Bertz CT molecular complexity index is 329. The molecule has 0 bridgehead atoms. The minimum atomic E-state index is 0. The van der Waals surface area contributed by atoms with Gasteiger partial charge in [0, 0.05) is 0 Å². The van der Waals surface area contributed by atoms with Gasteiger partial charge in [-0.25, -0.2) is 22.3 Å². The molecular formula is C17H24Cl2Zr-2. The summed E-state index contributed by atoms with van der Waals surface area (Å²) in [6.07, 6.45) is 11.0. The second-order valence-corrected chi connectivity index (χ2v) is 4.82. The fraction of sp³-hybridized carbons (Fsp3) is 0.471. The summed E-state index contributed by atoms with van der Waals surface area (Å²) in [5, 5.41) is 0. The van der Waals surface area contributed by atoms with Crippen LogP contribution in [0.25, 0.3) is 0 Å². The summed E-state index contributed by atoms with van der Waals surface area (Å²) in [5.74, 6) is 1.10. The SMILES string of the molecule is CC1=[C-]C(C)C=C1C.CC1=[C-]C(C)C=C1C.[CH2]=[Zr+2].[Cl-].[Cl-]. The van der Waals surface area contributed by atoms with Gasteiger partial charge in [-0.3, -0.25) is 12.2 Å². The number of rotatable bonds is 0. The molecule has 0 fully saturated rings. The number of allylic oxidation sites excluding steroid dienone is 8. The third kappa shape index (κ3) is 9.27. The van der Waals surface area contributed by atoms with E-state index in [9.17, 15) is 0 Å². The first-order chi connectivity index (χ1) is 8.40. The van der Waals surface area contributed by atoms with E-state index in [-0.39, 0.29) is 24.8 Å². The van der Waals surface area contributed by atoms with Crippen LogP contribution in [0.3, 0.4) is 0 Å². The van der Waals surface area contributed by atoms with E-state index in [1.807, 2.05) is 0 Å². The van der Waals surface area contributed by atoms with Gasteiger partial charge in [0.05, 0.1) is 0 Å². The molecular weight excluding hydrogens is 366 g/mol. The second kappa shape index (κ2) is 13.0. The molecule has 0 heterocycles. The van der Waals surface area contributed by atoms with Crippen LogP contribution in [0.15, 0.2) is 34.4 Å². The number of halogens is 2. The molecule has 0 radical (unpaired) electrons. The summed E-state index contributed by atoms with van der Waals surface area (Å²) in [4.78, 5) is 0. The van der Waals surface area contributed by atoms with Gasteiger partial charge in [-0.05, 0) is 0 Å². The molecule has 2 rings (SSSR count). The smallest absolute Gasteiger partial charge is 1.00 e. The van der Waals surface area contributed by atoms with Gasteiger partial charge in [-0.2, -0.15) is 12.2 Å². The molecule has 20 heavy (non-hydrogen) atoms. The molecule has 0 N–H and O–H groups in total. The minimum Gasteiger partial charge on any atom is -1.00 e. The number of hydrogen-bond donors (Lipinski definition) is 0. The molecule has 0 aromatic rings. The molecule has 112 valence electrons. The molecule has 2 atom stereocenters. The Morgan fingerprint density at radius 1 is 0.800 bits per heavy atom.